The molecule has 32 heavy (non-hydrogen) atoms. The molecule has 2 aliphatic rings. The Balaban J connectivity index is 1.58. The lowest BCUT2D eigenvalue weighted by Gasteiger charge is -2.34. The van der Waals surface area contributed by atoms with Crippen molar-refractivity contribution in [3.05, 3.63) is 40.3 Å². The number of carbonyl (C=O) groups is 1. The van der Waals surface area contributed by atoms with Gasteiger partial charge in [-0.15, -0.1) is 11.3 Å². The van der Waals surface area contributed by atoms with Gasteiger partial charge < -0.3 is 19.9 Å². The molecule has 0 unspecified atom stereocenters. The van der Waals surface area contributed by atoms with Crippen LogP contribution < -0.4 is 10.2 Å². The molecule has 0 spiro atoms. The lowest BCUT2D eigenvalue weighted by Crippen LogP contribution is -2.45. The summed E-state index contributed by atoms with van der Waals surface area (Å²) in [5.41, 5.74) is 3.55. The predicted molar refractivity (Wildman–Crippen MR) is 129 cm³/mol. The van der Waals surface area contributed by atoms with E-state index in [2.05, 4.69) is 22.2 Å². The van der Waals surface area contributed by atoms with Crippen molar-refractivity contribution in [2.75, 3.05) is 50.1 Å². The van der Waals surface area contributed by atoms with Crippen molar-refractivity contribution < 1.29 is 9.53 Å². The van der Waals surface area contributed by atoms with Crippen molar-refractivity contribution in [2.24, 2.45) is 0 Å². The monoisotopic (exact) mass is 451 g/mol. The van der Waals surface area contributed by atoms with E-state index in [1.54, 1.807) is 11.3 Å². The number of carbonyl (C=O) groups excluding carboxylic acids is 1. The summed E-state index contributed by atoms with van der Waals surface area (Å²) in [6.45, 7) is 5.97. The maximum Gasteiger partial charge on any atom is 0.341 e. The zero-order valence-electron chi connectivity index (χ0n) is 18.7. The topological polar surface area (TPSA) is 70.6 Å². The number of hydrogen-bond donors (Lipinski definition) is 1. The molecule has 2 aromatic heterocycles. The third-order valence-electron chi connectivity index (χ3n) is 6.24. The zero-order chi connectivity index (χ0) is 22.1. The molecular weight excluding hydrogens is 422 g/mol. The van der Waals surface area contributed by atoms with Gasteiger partial charge in [0.15, 0.2) is 11.6 Å². The van der Waals surface area contributed by atoms with Gasteiger partial charge in [-0.25, -0.2) is 14.8 Å². The smallest absolute Gasteiger partial charge is 0.341 e. The molecule has 1 aromatic carbocycles. The summed E-state index contributed by atoms with van der Waals surface area (Å²) >= 11 is 1.67. The largest absolute Gasteiger partial charge is 0.462 e. The van der Waals surface area contributed by atoms with Crippen molar-refractivity contribution in [3.63, 3.8) is 0 Å². The molecule has 3 aromatic rings. The van der Waals surface area contributed by atoms with Gasteiger partial charge in [-0.2, -0.15) is 0 Å². The fourth-order valence-electron chi connectivity index (χ4n) is 4.49. The SMILES string of the molecule is CCOC(=O)c1c(Nc2nc3ccccc3nc2N2CCN(C)CC2)sc2c1CCCC2. The number of fused-ring (bicyclic) bond motifs is 2. The Kier molecular flexibility index (Phi) is 5.97. The van der Waals surface area contributed by atoms with Crippen LogP contribution >= 0.6 is 11.3 Å². The number of anilines is 3. The van der Waals surface area contributed by atoms with Crippen molar-refractivity contribution in [3.8, 4) is 0 Å². The maximum absolute atomic E-state index is 12.9. The van der Waals surface area contributed by atoms with E-state index < -0.39 is 0 Å². The van der Waals surface area contributed by atoms with Gasteiger partial charge in [0.1, 0.15) is 5.00 Å². The fourth-order valence-corrected chi connectivity index (χ4v) is 5.77. The second-order valence-electron chi connectivity index (χ2n) is 8.44. The van der Waals surface area contributed by atoms with E-state index in [0.29, 0.717) is 18.0 Å². The first-order chi connectivity index (χ1) is 15.6. The summed E-state index contributed by atoms with van der Waals surface area (Å²) in [5.74, 6) is 1.31. The number of ether oxygens (including phenoxy) is 1. The first kappa shape index (κ1) is 21.2. The van der Waals surface area contributed by atoms with Crippen molar-refractivity contribution in [1.82, 2.24) is 14.9 Å². The van der Waals surface area contributed by atoms with E-state index in [4.69, 9.17) is 14.7 Å². The summed E-state index contributed by atoms with van der Waals surface area (Å²) in [6.07, 6.45) is 4.22. The van der Waals surface area contributed by atoms with E-state index in [9.17, 15) is 4.79 Å². The standard InChI is InChI=1S/C24H29N5O2S/c1-3-31-24(30)20-16-8-4-7-11-19(16)32-23(20)27-21-22(29-14-12-28(2)13-15-29)26-18-10-6-5-9-17(18)25-21/h5-6,9-10H,3-4,7-8,11-15H2,1-2H3,(H,25,27). The van der Waals surface area contributed by atoms with Crippen LogP contribution in [0.25, 0.3) is 11.0 Å². The van der Waals surface area contributed by atoms with Gasteiger partial charge in [-0.1, -0.05) is 12.1 Å². The van der Waals surface area contributed by atoms with Gasteiger partial charge in [-0.05, 0) is 57.4 Å². The quantitative estimate of drug-likeness (QED) is 0.582. The number of para-hydroxylation sites is 2. The summed E-state index contributed by atoms with van der Waals surface area (Å²) in [7, 11) is 2.14. The zero-order valence-corrected chi connectivity index (χ0v) is 19.5. The third kappa shape index (κ3) is 4.04. The van der Waals surface area contributed by atoms with E-state index in [1.165, 1.54) is 4.88 Å². The number of nitrogens with one attached hydrogen (secondary N) is 1. The molecule has 0 amide bonds. The van der Waals surface area contributed by atoms with Crippen LogP contribution in [0, 0.1) is 0 Å². The van der Waals surface area contributed by atoms with Crippen LogP contribution in [0.3, 0.4) is 0 Å². The van der Waals surface area contributed by atoms with Crippen LogP contribution in [-0.2, 0) is 17.6 Å². The van der Waals surface area contributed by atoms with E-state index in [1.807, 2.05) is 31.2 Å². The van der Waals surface area contributed by atoms with E-state index in [0.717, 1.165) is 79.3 Å². The molecule has 1 N–H and O–H groups in total. The number of rotatable bonds is 5. The van der Waals surface area contributed by atoms with Crippen LogP contribution in [-0.4, -0.2) is 60.7 Å². The van der Waals surface area contributed by atoms with E-state index in [-0.39, 0.29) is 5.97 Å². The number of aromatic nitrogens is 2. The van der Waals surface area contributed by atoms with Crippen LogP contribution in [0.1, 0.15) is 40.6 Å². The molecule has 7 nitrogen and oxygen atoms in total. The predicted octanol–water partition coefficient (Wildman–Crippen LogP) is 4.24. The minimum atomic E-state index is -0.246. The molecule has 0 atom stereocenters. The Morgan fingerprint density at radius 2 is 1.81 bits per heavy atom. The lowest BCUT2D eigenvalue weighted by molar-refractivity contribution is 0.0526. The highest BCUT2D eigenvalue weighted by Gasteiger charge is 2.28. The van der Waals surface area contributed by atoms with Gasteiger partial charge in [0.05, 0.1) is 23.2 Å². The molecule has 1 aliphatic heterocycles. The number of thiophene rings is 1. The highest BCUT2D eigenvalue weighted by atomic mass is 32.1. The molecule has 5 rings (SSSR count). The van der Waals surface area contributed by atoms with Crippen molar-refractivity contribution in [1.29, 1.82) is 0 Å². The highest BCUT2D eigenvalue weighted by molar-refractivity contribution is 7.16. The van der Waals surface area contributed by atoms with Gasteiger partial charge in [-0.3, -0.25) is 0 Å². The first-order valence-electron chi connectivity index (χ1n) is 11.4. The van der Waals surface area contributed by atoms with Crippen molar-refractivity contribution >= 4 is 45.0 Å². The second kappa shape index (κ2) is 9.03. The molecule has 8 heteroatoms. The highest BCUT2D eigenvalue weighted by Crippen LogP contribution is 2.41. The average Bonchev–Trinajstić information content (AvgIpc) is 3.17. The van der Waals surface area contributed by atoms with Crippen LogP contribution in [0.5, 0.6) is 0 Å². The Morgan fingerprint density at radius 3 is 2.56 bits per heavy atom. The molecule has 1 saturated heterocycles. The molecule has 0 saturated carbocycles. The minimum absolute atomic E-state index is 0.246. The normalized spacial score (nSPS) is 16.8. The molecular formula is C24H29N5O2S. The van der Waals surface area contributed by atoms with Gasteiger partial charge in [0.25, 0.3) is 0 Å². The first-order valence-corrected chi connectivity index (χ1v) is 12.2. The summed E-state index contributed by atoms with van der Waals surface area (Å²) in [6, 6.07) is 7.95. The second-order valence-corrected chi connectivity index (χ2v) is 9.54. The van der Waals surface area contributed by atoms with E-state index >= 15 is 0 Å². The van der Waals surface area contributed by atoms with Gasteiger partial charge in [0, 0.05) is 31.1 Å². The number of nitrogens with zero attached hydrogens (tertiary/aromatic N) is 4. The Labute approximate surface area is 192 Å². The van der Waals surface area contributed by atoms with Crippen LogP contribution in [0.4, 0.5) is 16.6 Å². The number of aryl methyl sites for hydroxylation is 1. The number of benzene rings is 1. The van der Waals surface area contributed by atoms with Crippen LogP contribution in [0.2, 0.25) is 0 Å². The van der Waals surface area contributed by atoms with Gasteiger partial charge >= 0.3 is 5.97 Å². The summed E-state index contributed by atoms with van der Waals surface area (Å²) in [5, 5.41) is 4.36. The molecule has 168 valence electrons. The molecule has 0 bridgehead atoms. The average molecular weight is 452 g/mol. The third-order valence-corrected chi connectivity index (χ3v) is 7.44. The Morgan fingerprint density at radius 1 is 1.09 bits per heavy atom. The molecule has 3 heterocycles. The molecule has 1 fully saturated rings. The van der Waals surface area contributed by atoms with Crippen LogP contribution in [0.15, 0.2) is 24.3 Å². The number of piperazine rings is 1. The van der Waals surface area contributed by atoms with Gasteiger partial charge in [0.2, 0.25) is 0 Å². The molecule has 0 radical (unpaired) electrons. The Bertz CT molecular complexity index is 1140. The summed E-state index contributed by atoms with van der Waals surface area (Å²) < 4.78 is 5.44. The number of esters is 1. The lowest BCUT2D eigenvalue weighted by atomic mass is 9.95. The fraction of sp³-hybridized carbons (Fsp3) is 0.458. The van der Waals surface area contributed by atoms with Crippen molar-refractivity contribution in [2.45, 2.75) is 32.6 Å². The maximum atomic E-state index is 12.9. The number of likely N-dealkylation sites (N-methyl/N-ethyl adjacent to an activating group) is 1. The number of hydrogen-bond acceptors (Lipinski definition) is 8. The Hall–Kier alpha value is -2.71. The molecule has 1 aliphatic carbocycles. The minimum Gasteiger partial charge on any atom is -0.462 e. The summed E-state index contributed by atoms with van der Waals surface area (Å²) in [4.78, 5) is 28.7.